The van der Waals surface area contributed by atoms with Gasteiger partial charge in [0.1, 0.15) is 5.75 Å². The smallest absolute Gasteiger partial charge is 0.123 e. The molecule has 0 unspecified atom stereocenters. The van der Waals surface area contributed by atoms with E-state index in [1.807, 2.05) is 0 Å². The maximum absolute atomic E-state index is 5.54. The number of ether oxygens (including phenoxy) is 2. The first-order valence-electron chi connectivity index (χ1n) is 7.54. The van der Waals surface area contributed by atoms with Crippen LogP contribution in [-0.2, 0) is 17.8 Å². The average molecular weight is 276 g/mol. The summed E-state index contributed by atoms with van der Waals surface area (Å²) in [7, 11) is 1.76. The zero-order valence-corrected chi connectivity index (χ0v) is 12.2. The summed E-state index contributed by atoms with van der Waals surface area (Å²) in [6, 6.07) is 7.33. The van der Waals surface area contributed by atoms with Crippen LogP contribution in [0.4, 0.5) is 0 Å². The summed E-state index contributed by atoms with van der Waals surface area (Å²) in [5, 5.41) is 3.54. The van der Waals surface area contributed by atoms with E-state index in [-0.39, 0.29) is 0 Å². The zero-order chi connectivity index (χ0) is 13.8. The molecule has 0 radical (unpaired) electrons. The van der Waals surface area contributed by atoms with E-state index < -0.39 is 0 Å². The number of nitrogens with one attached hydrogen (secondary N) is 1. The average Bonchev–Trinajstić information content (AvgIpc) is 3.31. The third-order valence-electron chi connectivity index (χ3n) is 4.02. The van der Waals surface area contributed by atoms with E-state index >= 15 is 0 Å². The van der Waals surface area contributed by atoms with Gasteiger partial charge in [0.2, 0.25) is 0 Å². The Labute approximate surface area is 121 Å². The fourth-order valence-corrected chi connectivity index (χ4v) is 2.59. The van der Waals surface area contributed by atoms with E-state index in [2.05, 4.69) is 28.4 Å². The molecule has 1 N–H and O–H groups in total. The second-order valence-electron chi connectivity index (χ2n) is 5.69. The van der Waals surface area contributed by atoms with Gasteiger partial charge in [0, 0.05) is 37.8 Å². The molecule has 2 aliphatic rings. The molecule has 1 saturated carbocycles. The summed E-state index contributed by atoms with van der Waals surface area (Å²) in [5.41, 5.74) is 2.57. The van der Waals surface area contributed by atoms with Gasteiger partial charge >= 0.3 is 0 Å². The molecule has 0 spiro atoms. The van der Waals surface area contributed by atoms with Crippen molar-refractivity contribution in [3.63, 3.8) is 0 Å². The molecule has 1 aliphatic heterocycles. The van der Waals surface area contributed by atoms with Gasteiger partial charge in [-0.15, -0.1) is 0 Å². The monoisotopic (exact) mass is 276 g/mol. The Hall–Kier alpha value is -1.10. The Morgan fingerprint density at radius 3 is 2.80 bits per heavy atom. The standard InChI is InChI=1S/C16H24N2O2/c1-19-16-10-13(12-18-6-8-20-9-7-18)2-3-14(16)11-17-15-4-5-15/h2-3,10,15,17H,4-9,11-12H2,1H3. The molecule has 0 bridgehead atoms. The minimum Gasteiger partial charge on any atom is -0.496 e. The van der Waals surface area contributed by atoms with Crippen LogP contribution in [0.15, 0.2) is 18.2 Å². The second-order valence-corrected chi connectivity index (χ2v) is 5.69. The molecule has 4 heteroatoms. The van der Waals surface area contributed by atoms with Crippen molar-refractivity contribution in [1.82, 2.24) is 10.2 Å². The number of benzene rings is 1. The van der Waals surface area contributed by atoms with Gasteiger partial charge in [-0.2, -0.15) is 0 Å². The van der Waals surface area contributed by atoms with Crippen LogP contribution in [0.25, 0.3) is 0 Å². The van der Waals surface area contributed by atoms with Gasteiger partial charge in [0.05, 0.1) is 20.3 Å². The number of rotatable bonds is 6. The van der Waals surface area contributed by atoms with Gasteiger partial charge < -0.3 is 14.8 Å². The van der Waals surface area contributed by atoms with Crippen molar-refractivity contribution in [2.75, 3.05) is 33.4 Å². The third-order valence-corrected chi connectivity index (χ3v) is 4.02. The van der Waals surface area contributed by atoms with E-state index in [9.17, 15) is 0 Å². The fourth-order valence-electron chi connectivity index (χ4n) is 2.59. The van der Waals surface area contributed by atoms with E-state index in [1.165, 1.54) is 24.0 Å². The van der Waals surface area contributed by atoms with Crippen molar-refractivity contribution in [2.24, 2.45) is 0 Å². The number of nitrogens with zero attached hydrogens (tertiary/aromatic N) is 1. The van der Waals surface area contributed by atoms with E-state index in [1.54, 1.807) is 7.11 Å². The predicted molar refractivity (Wildman–Crippen MR) is 79.0 cm³/mol. The van der Waals surface area contributed by atoms with Crippen LogP contribution in [0.3, 0.4) is 0 Å². The minimum atomic E-state index is 0.729. The molecular weight excluding hydrogens is 252 g/mol. The maximum atomic E-state index is 5.54. The first-order chi connectivity index (χ1) is 9.85. The molecule has 0 atom stereocenters. The molecular formula is C16H24N2O2. The molecule has 1 aromatic rings. The Balaban J connectivity index is 1.62. The van der Waals surface area contributed by atoms with Crippen molar-refractivity contribution in [1.29, 1.82) is 0 Å². The number of morpholine rings is 1. The summed E-state index contributed by atoms with van der Waals surface area (Å²) in [5.74, 6) is 1.00. The predicted octanol–water partition coefficient (Wildman–Crippen LogP) is 1.78. The van der Waals surface area contributed by atoms with Gasteiger partial charge in [-0.3, -0.25) is 4.90 Å². The van der Waals surface area contributed by atoms with Gasteiger partial charge in [-0.1, -0.05) is 12.1 Å². The van der Waals surface area contributed by atoms with Crippen LogP contribution >= 0.6 is 0 Å². The summed E-state index contributed by atoms with van der Waals surface area (Å²) in [4.78, 5) is 2.43. The lowest BCUT2D eigenvalue weighted by atomic mass is 10.1. The van der Waals surface area contributed by atoms with E-state index in [0.29, 0.717) is 0 Å². The van der Waals surface area contributed by atoms with Crippen molar-refractivity contribution in [2.45, 2.75) is 32.0 Å². The molecule has 3 rings (SSSR count). The summed E-state index contributed by atoms with van der Waals surface area (Å²) >= 11 is 0. The third kappa shape index (κ3) is 3.72. The molecule has 0 aromatic heterocycles. The van der Waals surface area contributed by atoms with Gasteiger partial charge in [0.15, 0.2) is 0 Å². The van der Waals surface area contributed by atoms with Crippen molar-refractivity contribution in [3.8, 4) is 5.75 Å². The maximum Gasteiger partial charge on any atom is 0.123 e. The van der Waals surface area contributed by atoms with Crippen molar-refractivity contribution < 1.29 is 9.47 Å². The summed E-state index contributed by atoms with van der Waals surface area (Å²) in [6.07, 6.45) is 2.63. The lowest BCUT2D eigenvalue weighted by Gasteiger charge is -2.26. The highest BCUT2D eigenvalue weighted by molar-refractivity contribution is 5.37. The quantitative estimate of drug-likeness (QED) is 0.859. The molecule has 1 aromatic carbocycles. The van der Waals surface area contributed by atoms with Crippen molar-refractivity contribution >= 4 is 0 Å². The topological polar surface area (TPSA) is 33.7 Å². The second kappa shape index (κ2) is 6.57. The van der Waals surface area contributed by atoms with Gasteiger partial charge in [-0.25, -0.2) is 0 Å². The largest absolute Gasteiger partial charge is 0.496 e. The Morgan fingerprint density at radius 1 is 1.30 bits per heavy atom. The fraction of sp³-hybridized carbons (Fsp3) is 0.625. The molecule has 0 amide bonds. The Morgan fingerprint density at radius 2 is 2.10 bits per heavy atom. The van der Waals surface area contributed by atoms with Crippen LogP contribution < -0.4 is 10.1 Å². The number of hydrogen-bond donors (Lipinski definition) is 1. The lowest BCUT2D eigenvalue weighted by Crippen LogP contribution is -2.35. The molecule has 4 nitrogen and oxygen atoms in total. The van der Waals surface area contributed by atoms with E-state index in [0.717, 1.165) is 51.2 Å². The number of methoxy groups -OCH3 is 1. The first-order valence-corrected chi connectivity index (χ1v) is 7.54. The minimum absolute atomic E-state index is 0.729. The summed E-state index contributed by atoms with van der Waals surface area (Å²) < 4.78 is 10.9. The van der Waals surface area contributed by atoms with E-state index in [4.69, 9.17) is 9.47 Å². The highest BCUT2D eigenvalue weighted by Gasteiger charge is 2.20. The van der Waals surface area contributed by atoms with Crippen LogP contribution in [0.2, 0.25) is 0 Å². The van der Waals surface area contributed by atoms with Crippen LogP contribution in [0.1, 0.15) is 24.0 Å². The SMILES string of the molecule is COc1cc(CN2CCOCC2)ccc1CNC1CC1. The van der Waals surface area contributed by atoms with Gasteiger partial charge in [0.25, 0.3) is 0 Å². The molecule has 1 heterocycles. The molecule has 110 valence electrons. The van der Waals surface area contributed by atoms with Crippen molar-refractivity contribution in [3.05, 3.63) is 29.3 Å². The van der Waals surface area contributed by atoms with Crippen LogP contribution in [0, 0.1) is 0 Å². The molecule has 1 saturated heterocycles. The highest BCUT2D eigenvalue weighted by Crippen LogP contribution is 2.24. The zero-order valence-electron chi connectivity index (χ0n) is 12.2. The lowest BCUT2D eigenvalue weighted by molar-refractivity contribution is 0.0341. The highest BCUT2D eigenvalue weighted by atomic mass is 16.5. The number of hydrogen-bond acceptors (Lipinski definition) is 4. The molecule has 2 fully saturated rings. The first kappa shape index (κ1) is 13.9. The van der Waals surface area contributed by atoms with Crippen LogP contribution in [-0.4, -0.2) is 44.4 Å². The Kier molecular flexibility index (Phi) is 4.55. The normalized spacial score (nSPS) is 20.1. The Bertz CT molecular complexity index is 440. The molecule has 20 heavy (non-hydrogen) atoms. The molecule has 1 aliphatic carbocycles. The van der Waals surface area contributed by atoms with Gasteiger partial charge in [-0.05, 0) is 24.5 Å². The summed E-state index contributed by atoms with van der Waals surface area (Å²) in [6.45, 7) is 5.63. The van der Waals surface area contributed by atoms with Crippen LogP contribution in [0.5, 0.6) is 5.75 Å².